The SMILES string of the molecule is CC.CC.COC1CCN(C(=O)OC(C)(C)C)CC1.COC1CCN(C(C)=O)CC1. The first-order valence-corrected chi connectivity index (χ1v) is 11.4. The fraction of sp³-hybridized carbons (Fsp3) is 0.913. The summed E-state index contributed by atoms with van der Waals surface area (Å²) in [5.41, 5.74) is -0.408. The lowest BCUT2D eigenvalue weighted by Crippen LogP contribution is -2.43. The largest absolute Gasteiger partial charge is 0.444 e. The van der Waals surface area contributed by atoms with Crippen LogP contribution in [0.2, 0.25) is 0 Å². The van der Waals surface area contributed by atoms with Crippen molar-refractivity contribution < 1.29 is 23.8 Å². The molecule has 0 unspecified atom stereocenters. The maximum atomic E-state index is 11.7. The summed E-state index contributed by atoms with van der Waals surface area (Å²) in [5.74, 6) is 0.180. The van der Waals surface area contributed by atoms with Gasteiger partial charge < -0.3 is 24.0 Å². The third kappa shape index (κ3) is 13.8. The fourth-order valence-electron chi connectivity index (χ4n) is 3.01. The van der Waals surface area contributed by atoms with Crippen molar-refractivity contribution >= 4 is 12.0 Å². The predicted molar refractivity (Wildman–Crippen MR) is 123 cm³/mol. The monoisotopic (exact) mass is 432 g/mol. The van der Waals surface area contributed by atoms with Crippen molar-refractivity contribution in [1.29, 1.82) is 0 Å². The number of methoxy groups -OCH3 is 2. The third-order valence-corrected chi connectivity index (χ3v) is 4.65. The Morgan fingerprint density at radius 1 is 0.733 bits per heavy atom. The summed E-state index contributed by atoms with van der Waals surface area (Å²) in [7, 11) is 3.45. The number of hydrogen-bond acceptors (Lipinski definition) is 5. The van der Waals surface area contributed by atoms with Crippen LogP contribution < -0.4 is 0 Å². The van der Waals surface area contributed by atoms with E-state index < -0.39 is 5.60 Å². The molecule has 2 amide bonds. The second-order valence-corrected chi connectivity index (χ2v) is 7.84. The average Bonchev–Trinajstić information content (AvgIpc) is 2.76. The van der Waals surface area contributed by atoms with Crippen LogP contribution in [0, 0.1) is 0 Å². The Labute approximate surface area is 185 Å². The highest BCUT2D eigenvalue weighted by atomic mass is 16.6. The molecular weight excluding hydrogens is 384 g/mol. The van der Waals surface area contributed by atoms with Crippen LogP contribution in [0.25, 0.3) is 0 Å². The van der Waals surface area contributed by atoms with Crippen molar-refractivity contribution in [1.82, 2.24) is 9.80 Å². The van der Waals surface area contributed by atoms with Gasteiger partial charge in [0.2, 0.25) is 5.91 Å². The zero-order chi connectivity index (χ0) is 23.7. The molecule has 0 atom stereocenters. The molecule has 30 heavy (non-hydrogen) atoms. The molecule has 2 saturated heterocycles. The smallest absolute Gasteiger partial charge is 0.410 e. The van der Waals surface area contributed by atoms with Gasteiger partial charge in [-0.05, 0) is 46.5 Å². The molecule has 2 fully saturated rings. The molecular formula is C23H48N2O5. The molecule has 180 valence electrons. The number of hydrogen-bond donors (Lipinski definition) is 0. The summed E-state index contributed by atoms with van der Waals surface area (Å²) in [6.07, 6.45) is 4.21. The van der Waals surface area contributed by atoms with Gasteiger partial charge in [0, 0.05) is 47.3 Å². The fourth-order valence-corrected chi connectivity index (χ4v) is 3.01. The first-order valence-electron chi connectivity index (χ1n) is 11.4. The molecule has 0 aromatic rings. The highest BCUT2D eigenvalue weighted by molar-refractivity contribution is 5.73. The first-order chi connectivity index (χ1) is 14.2. The van der Waals surface area contributed by atoms with E-state index >= 15 is 0 Å². The molecule has 0 N–H and O–H groups in total. The minimum absolute atomic E-state index is 0.180. The van der Waals surface area contributed by atoms with Gasteiger partial charge in [-0.25, -0.2) is 4.79 Å². The van der Waals surface area contributed by atoms with Gasteiger partial charge in [-0.3, -0.25) is 4.79 Å². The van der Waals surface area contributed by atoms with Crippen molar-refractivity contribution in [2.24, 2.45) is 0 Å². The standard InChI is InChI=1S/C11H21NO3.C8H15NO2.2C2H6/c1-11(2,3)15-10(13)12-7-5-9(14-4)6-8-12;1-7(10)9-5-3-8(11-2)4-6-9;2*1-2/h9H,5-8H2,1-4H3;8H,3-6H2,1-2H3;2*1-2H3. The topological polar surface area (TPSA) is 68.3 Å². The van der Waals surface area contributed by atoms with Crippen LogP contribution in [-0.4, -0.2) is 80.0 Å². The zero-order valence-corrected chi connectivity index (χ0v) is 21.2. The number of amides is 2. The van der Waals surface area contributed by atoms with Crippen LogP contribution in [0.5, 0.6) is 0 Å². The van der Waals surface area contributed by atoms with Gasteiger partial charge in [0.1, 0.15) is 5.60 Å². The molecule has 2 heterocycles. The molecule has 0 radical (unpaired) electrons. The average molecular weight is 433 g/mol. The number of piperidine rings is 2. The summed E-state index contributed by atoms with van der Waals surface area (Å²) in [6.45, 7) is 18.4. The summed E-state index contributed by atoms with van der Waals surface area (Å²) in [4.78, 5) is 26.2. The molecule has 0 bridgehead atoms. The molecule has 0 spiro atoms. The number of carbonyl (C=O) groups is 2. The second kappa shape index (κ2) is 17.4. The lowest BCUT2D eigenvalue weighted by atomic mass is 10.1. The van der Waals surface area contributed by atoms with Crippen LogP contribution in [0.3, 0.4) is 0 Å². The molecule has 7 heteroatoms. The predicted octanol–water partition coefficient (Wildman–Crippen LogP) is 4.73. The van der Waals surface area contributed by atoms with Crippen LogP contribution in [-0.2, 0) is 19.0 Å². The van der Waals surface area contributed by atoms with Crippen LogP contribution >= 0.6 is 0 Å². The van der Waals surface area contributed by atoms with Gasteiger partial charge in [0.15, 0.2) is 0 Å². The van der Waals surface area contributed by atoms with Crippen LogP contribution in [0.15, 0.2) is 0 Å². The molecule has 2 aliphatic rings. The molecule has 7 nitrogen and oxygen atoms in total. The van der Waals surface area contributed by atoms with E-state index in [2.05, 4.69) is 0 Å². The number of rotatable bonds is 2. The van der Waals surface area contributed by atoms with Crippen LogP contribution in [0.4, 0.5) is 4.79 Å². The number of carbonyl (C=O) groups excluding carboxylic acids is 2. The van der Waals surface area contributed by atoms with E-state index in [4.69, 9.17) is 14.2 Å². The number of likely N-dealkylation sites (tertiary alicyclic amines) is 2. The van der Waals surface area contributed by atoms with E-state index in [1.54, 1.807) is 26.0 Å². The van der Waals surface area contributed by atoms with Crippen molar-refractivity contribution in [3.05, 3.63) is 0 Å². The Bertz CT molecular complexity index is 435. The van der Waals surface area contributed by atoms with Crippen molar-refractivity contribution in [2.75, 3.05) is 40.4 Å². The van der Waals surface area contributed by atoms with Gasteiger partial charge in [-0.1, -0.05) is 27.7 Å². The lowest BCUT2D eigenvalue weighted by Gasteiger charge is -2.32. The minimum atomic E-state index is -0.408. The van der Waals surface area contributed by atoms with E-state index in [0.29, 0.717) is 12.2 Å². The lowest BCUT2D eigenvalue weighted by molar-refractivity contribution is -0.131. The van der Waals surface area contributed by atoms with Gasteiger partial charge in [0.25, 0.3) is 0 Å². The Hall–Kier alpha value is -1.34. The van der Waals surface area contributed by atoms with E-state index in [9.17, 15) is 9.59 Å². The maximum Gasteiger partial charge on any atom is 0.410 e. The van der Waals surface area contributed by atoms with Gasteiger partial charge >= 0.3 is 6.09 Å². The van der Waals surface area contributed by atoms with E-state index in [1.807, 2.05) is 53.4 Å². The summed E-state index contributed by atoms with van der Waals surface area (Å²) in [5, 5.41) is 0. The second-order valence-electron chi connectivity index (χ2n) is 7.84. The molecule has 0 aromatic carbocycles. The van der Waals surface area contributed by atoms with Crippen molar-refractivity contribution in [3.8, 4) is 0 Å². The number of ether oxygens (including phenoxy) is 3. The Morgan fingerprint density at radius 2 is 1.07 bits per heavy atom. The number of nitrogens with zero attached hydrogens (tertiary/aromatic N) is 2. The summed E-state index contributed by atoms with van der Waals surface area (Å²) >= 11 is 0. The normalized spacial score (nSPS) is 17.4. The zero-order valence-electron chi connectivity index (χ0n) is 21.2. The molecule has 2 aliphatic heterocycles. The van der Waals surface area contributed by atoms with Gasteiger partial charge in [-0.2, -0.15) is 0 Å². The Kier molecular flexibility index (Phi) is 17.8. The Morgan fingerprint density at radius 3 is 1.33 bits per heavy atom. The highest BCUT2D eigenvalue weighted by Crippen LogP contribution is 2.16. The van der Waals surface area contributed by atoms with Crippen molar-refractivity contribution in [3.63, 3.8) is 0 Å². The Balaban J connectivity index is 0. The first kappa shape index (κ1) is 30.9. The minimum Gasteiger partial charge on any atom is -0.444 e. The van der Waals surface area contributed by atoms with E-state index in [0.717, 1.165) is 51.9 Å². The van der Waals surface area contributed by atoms with E-state index in [-0.39, 0.29) is 12.0 Å². The highest BCUT2D eigenvalue weighted by Gasteiger charge is 2.26. The summed E-state index contributed by atoms with van der Waals surface area (Å²) < 4.78 is 15.7. The molecule has 0 saturated carbocycles. The van der Waals surface area contributed by atoms with E-state index in [1.165, 1.54) is 0 Å². The molecule has 0 aliphatic carbocycles. The third-order valence-electron chi connectivity index (χ3n) is 4.65. The quantitative estimate of drug-likeness (QED) is 0.631. The summed E-state index contributed by atoms with van der Waals surface area (Å²) in [6, 6.07) is 0. The molecule has 0 aromatic heterocycles. The molecule has 2 rings (SSSR count). The van der Waals surface area contributed by atoms with Crippen molar-refractivity contribution in [2.45, 2.75) is 98.9 Å². The van der Waals surface area contributed by atoms with Crippen LogP contribution in [0.1, 0.15) is 81.1 Å². The maximum absolute atomic E-state index is 11.7. The van der Waals surface area contributed by atoms with Gasteiger partial charge in [0.05, 0.1) is 12.2 Å². The van der Waals surface area contributed by atoms with Gasteiger partial charge in [-0.15, -0.1) is 0 Å².